The van der Waals surface area contributed by atoms with Gasteiger partial charge in [0.1, 0.15) is 6.04 Å². The molecule has 132 valence electrons. The van der Waals surface area contributed by atoms with Crippen LogP contribution in [0.2, 0.25) is 0 Å². The zero-order valence-corrected chi connectivity index (χ0v) is 14.1. The maximum Gasteiger partial charge on any atom is 0.269 e. The van der Waals surface area contributed by atoms with Crippen LogP contribution in [0.5, 0.6) is 0 Å². The third-order valence-electron chi connectivity index (χ3n) is 4.28. The van der Waals surface area contributed by atoms with E-state index >= 15 is 0 Å². The van der Waals surface area contributed by atoms with Crippen molar-refractivity contribution in [1.82, 2.24) is 5.32 Å². The lowest BCUT2D eigenvalue weighted by Gasteiger charge is -2.23. The Morgan fingerprint density at radius 1 is 1.19 bits per heavy atom. The number of hydrogen-bond donors (Lipinski definition) is 1. The van der Waals surface area contributed by atoms with Crippen LogP contribution in [0.15, 0.2) is 54.6 Å². The number of fused-ring (bicyclic) bond motifs is 1. The molecule has 0 saturated carbocycles. The maximum atomic E-state index is 12.7. The predicted octanol–water partition coefficient (Wildman–Crippen LogP) is 2.31. The molecular formula is C19H17N3O4. The van der Waals surface area contributed by atoms with Crippen molar-refractivity contribution < 1.29 is 14.5 Å². The number of non-ortho nitro benzene ring substituents is 1. The number of carbonyl (C=O) groups excluding carboxylic acids is 2. The number of benzene rings is 2. The normalized spacial score (nSPS) is 15.7. The monoisotopic (exact) mass is 351 g/mol. The van der Waals surface area contributed by atoms with E-state index in [1.807, 2.05) is 24.3 Å². The lowest BCUT2D eigenvalue weighted by Crippen LogP contribution is -2.46. The zero-order chi connectivity index (χ0) is 18.7. The molecule has 1 atom stereocenters. The van der Waals surface area contributed by atoms with Gasteiger partial charge in [-0.15, -0.1) is 0 Å². The number of nitro benzene ring substituents is 1. The van der Waals surface area contributed by atoms with E-state index in [9.17, 15) is 19.7 Å². The first kappa shape index (κ1) is 17.3. The average Bonchev–Trinajstić information content (AvgIpc) is 3.05. The molecule has 1 N–H and O–H groups in total. The fourth-order valence-electron chi connectivity index (χ4n) is 2.99. The Morgan fingerprint density at radius 2 is 1.88 bits per heavy atom. The van der Waals surface area contributed by atoms with Gasteiger partial charge in [-0.1, -0.05) is 18.2 Å². The zero-order valence-electron chi connectivity index (χ0n) is 14.1. The second kappa shape index (κ2) is 7.18. The van der Waals surface area contributed by atoms with E-state index in [1.54, 1.807) is 25.3 Å². The van der Waals surface area contributed by atoms with Crippen LogP contribution >= 0.6 is 0 Å². The van der Waals surface area contributed by atoms with Crippen molar-refractivity contribution in [3.63, 3.8) is 0 Å². The highest BCUT2D eigenvalue weighted by molar-refractivity contribution is 6.09. The minimum absolute atomic E-state index is 0.0124. The van der Waals surface area contributed by atoms with Crippen LogP contribution in [-0.2, 0) is 16.0 Å². The molecule has 2 aromatic rings. The van der Waals surface area contributed by atoms with Crippen molar-refractivity contribution in [2.75, 3.05) is 11.9 Å². The number of rotatable bonds is 4. The van der Waals surface area contributed by atoms with Crippen LogP contribution in [0.3, 0.4) is 0 Å². The molecule has 1 aliphatic rings. The molecule has 2 aromatic carbocycles. The molecule has 7 nitrogen and oxygen atoms in total. The maximum absolute atomic E-state index is 12.7. The van der Waals surface area contributed by atoms with Crippen LogP contribution in [0.25, 0.3) is 6.08 Å². The summed E-state index contributed by atoms with van der Waals surface area (Å²) in [5, 5.41) is 13.3. The van der Waals surface area contributed by atoms with Gasteiger partial charge in [-0.05, 0) is 35.4 Å². The second-order valence-electron chi connectivity index (χ2n) is 5.85. The van der Waals surface area contributed by atoms with Crippen LogP contribution in [0.4, 0.5) is 11.4 Å². The molecule has 1 aliphatic heterocycles. The Hall–Kier alpha value is -3.48. The topological polar surface area (TPSA) is 92.6 Å². The smallest absolute Gasteiger partial charge is 0.269 e. The summed E-state index contributed by atoms with van der Waals surface area (Å²) in [6.07, 6.45) is 3.42. The predicted molar refractivity (Wildman–Crippen MR) is 97.6 cm³/mol. The van der Waals surface area contributed by atoms with Crippen molar-refractivity contribution in [1.29, 1.82) is 0 Å². The van der Waals surface area contributed by atoms with Gasteiger partial charge in [0.2, 0.25) is 5.91 Å². The first-order valence-corrected chi connectivity index (χ1v) is 8.06. The molecule has 1 heterocycles. The average molecular weight is 351 g/mol. The Kier molecular flexibility index (Phi) is 4.79. The highest BCUT2D eigenvalue weighted by Crippen LogP contribution is 2.32. The molecule has 0 bridgehead atoms. The molecule has 0 aliphatic carbocycles. The van der Waals surface area contributed by atoms with Gasteiger partial charge in [-0.25, -0.2) is 0 Å². The van der Waals surface area contributed by atoms with Crippen molar-refractivity contribution in [2.24, 2.45) is 0 Å². The Morgan fingerprint density at radius 3 is 2.54 bits per heavy atom. The summed E-state index contributed by atoms with van der Waals surface area (Å²) in [6.45, 7) is 0. The molecule has 3 rings (SSSR count). The van der Waals surface area contributed by atoms with Crippen LogP contribution in [0.1, 0.15) is 11.1 Å². The molecule has 0 spiro atoms. The summed E-state index contributed by atoms with van der Waals surface area (Å²) in [5.74, 6) is -0.541. The third-order valence-corrected chi connectivity index (χ3v) is 4.28. The fraction of sp³-hybridized carbons (Fsp3) is 0.158. The van der Waals surface area contributed by atoms with E-state index < -0.39 is 11.0 Å². The van der Waals surface area contributed by atoms with Crippen molar-refractivity contribution >= 4 is 29.3 Å². The van der Waals surface area contributed by atoms with E-state index in [1.165, 1.54) is 23.1 Å². The number of hydrogen-bond acceptors (Lipinski definition) is 4. The first-order valence-electron chi connectivity index (χ1n) is 8.06. The number of nitrogens with one attached hydrogen (secondary N) is 1. The lowest BCUT2D eigenvalue weighted by molar-refractivity contribution is -0.384. The number of nitro groups is 1. The summed E-state index contributed by atoms with van der Waals surface area (Å²) in [7, 11) is 1.54. The molecular weight excluding hydrogens is 334 g/mol. The second-order valence-corrected chi connectivity index (χ2v) is 5.85. The van der Waals surface area contributed by atoms with Gasteiger partial charge in [-0.3, -0.25) is 24.6 Å². The van der Waals surface area contributed by atoms with E-state index in [2.05, 4.69) is 5.32 Å². The molecule has 2 amide bonds. The third kappa shape index (κ3) is 3.32. The summed E-state index contributed by atoms with van der Waals surface area (Å²) in [6, 6.07) is 12.7. The number of anilines is 1. The Bertz CT molecular complexity index is 890. The molecule has 7 heteroatoms. The molecule has 26 heavy (non-hydrogen) atoms. The summed E-state index contributed by atoms with van der Waals surface area (Å²) in [4.78, 5) is 36.6. The summed E-state index contributed by atoms with van der Waals surface area (Å²) >= 11 is 0. The molecule has 0 saturated heterocycles. The highest BCUT2D eigenvalue weighted by atomic mass is 16.6. The van der Waals surface area contributed by atoms with Gasteiger partial charge in [0.15, 0.2) is 0 Å². The van der Waals surface area contributed by atoms with Crippen LogP contribution in [-0.4, -0.2) is 29.8 Å². The van der Waals surface area contributed by atoms with Gasteiger partial charge in [0.05, 0.1) is 4.92 Å². The standard InChI is InChI=1S/C19H17N3O4/c1-20-19(24)17-12-14-4-2-3-5-16(14)21(17)18(23)11-8-13-6-9-15(10-7-13)22(25)26/h2-11,17H,12H2,1H3,(H,20,24). The highest BCUT2D eigenvalue weighted by Gasteiger charge is 2.36. The van der Waals surface area contributed by atoms with Gasteiger partial charge in [0.25, 0.3) is 11.6 Å². The largest absolute Gasteiger partial charge is 0.357 e. The van der Waals surface area contributed by atoms with Crippen molar-refractivity contribution in [2.45, 2.75) is 12.5 Å². The van der Waals surface area contributed by atoms with Crippen LogP contribution in [0, 0.1) is 10.1 Å². The number of nitrogens with zero attached hydrogens (tertiary/aromatic N) is 2. The van der Waals surface area contributed by atoms with E-state index in [0.717, 1.165) is 11.3 Å². The Labute approximate surface area is 150 Å². The lowest BCUT2D eigenvalue weighted by atomic mass is 10.1. The van der Waals surface area contributed by atoms with Gasteiger partial charge < -0.3 is 5.32 Å². The van der Waals surface area contributed by atoms with E-state index in [4.69, 9.17) is 0 Å². The summed E-state index contributed by atoms with van der Waals surface area (Å²) < 4.78 is 0. The molecule has 0 fully saturated rings. The van der Waals surface area contributed by atoms with Crippen molar-refractivity contribution in [3.8, 4) is 0 Å². The van der Waals surface area contributed by atoms with Gasteiger partial charge in [0, 0.05) is 37.4 Å². The molecule has 1 unspecified atom stereocenters. The van der Waals surface area contributed by atoms with Gasteiger partial charge in [-0.2, -0.15) is 0 Å². The summed E-state index contributed by atoms with van der Waals surface area (Å²) in [5.41, 5.74) is 2.31. The minimum atomic E-state index is -0.591. The van der Waals surface area contributed by atoms with Gasteiger partial charge >= 0.3 is 0 Å². The van der Waals surface area contributed by atoms with Crippen molar-refractivity contribution in [3.05, 3.63) is 75.8 Å². The number of carbonyl (C=O) groups is 2. The van der Waals surface area contributed by atoms with Crippen LogP contribution < -0.4 is 10.2 Å². The number of amides is 2. The number of para-hydroxylation sites is 1. The first-order chi connectivity index (χ1) is 12.5. The SMILES string of the molecule is CNC(=O)C1Cc2ccccc2N1C(=O)C=Cc1ccc([N+](=O)[O-])cc1. The molecule has 0 aromatic heterocycles. The quantitative estimate of drug-likeness (QED) is 0.520. The van der Waals surface area contributed by atoms with E-state index in [0.29, 0.717) is 12.0 Å². The Balaban J connectivity index is 1.84. The number of likely N-dealkylation sites (N-methyl/N-ethyl adjacent to an activating group) is 1. The fourth-order valence-corrected chi connectivity index (χ4v) is 2.99. The molecule has 0 radical (unpaired) electrons. The van der Waals surface area contributed by atoms with E-state index in [-0.39, 0.29) is 17.5 Å². The minimum Gasteiger partial charge on any atom is -0.357 e.